The lowest BCUT2D eigenvalue weighted by Crippen LogP contribution is -2.52. The number of allylic oxidation sites excluding steroid dienone is 1. The fourth-order valence-electron chi connectivity index (χ4n) is 1.99. The molecule has 0 fully saturated rings. The topological polar surface area (TPSA) is 73.9 Å². The monoisotopic (exact) mass is 329 g/mol. The highest BCUT2D eigenvalue weighted by molar-refractivity contribution is 5.82. The molecule has 134 valence electrons. The molecule has 2 unspecified atom stereocenters. The van der Waals surface area contributed by atoms with Crippen molar-refractivity contribution in [2.24, 2.45) is 0 Å². The Bertz CT molecular complexity index is 389. The van der Waals surface area contributed by atoms with Crippen LogP contribution in [0.3, 0.4) is 0 Å². The van der Waals surface area contributed by atoms with Crippen molar-refractivity contribution in [3.8, 4) is 0 Å². The number of methoxy groups -OCH3 is 1. The molecule has 0 radical (unpaired) electrons. The van der Waals surface area contributed by atoms with Gasteiger partial charge in [-0.3, -0.25) is 0 Å². The zero-order valence-electron chi connectivity index (χ0n) is 15.2. The van der Waals surface area contributed by atoms with Gasteiger partial charge in [-0.05, 0) is 47.0 Å². The van der Waals surface area contributed by atoms with E-state index in [0.717, 1.165) is 12.8 Å². The van der Waals surface area contributed by atoms with E-state index in [4.69, 9.17) is 14.2 Å². The van der Waals surface area contributed by atoms with Gasteiger partial charge in [0.25, 0.3) is 0 Å². The summed E-state index contributed by atoms with van der Waals surface area (Å²) in [5, 5.41) is 2.56. The first-order valence-electron chi connectivity index (χ1n) is 7.98. The first kappa shape index (κ1) is 21.4. The predicted molar refractivity (Wildman–Crippen MR) is 89.2 cm³/mol. The molecule has 23 heavy (non-hydrogen) atoms. The number of nitrogens with one attached hydrogen (secondary N) is 1. The van der Waals surface area contributed by atoms with Gasteiger partial charge >= 0.3 is 12.1 Å². The molecular weight excluding hydrogens is 298 g/mol. The highest BCUT2D eigenvalue weighted by atomic mass is 16.6. The van der Waals surface area contributed by atoms with Crippen LogP contribution in [0.5, 0.6) is 0 Å². The summed E-state index contributed by atoms with van der Waals surface area (Å²) in [4.78, 5) is 24.0. The van der Waals surface area contributed by atoms with Crippen molar-refractivity contribution < 1.29 is 23.8 Å². The molecule has 0 aromatic carbocycles. The van der Waals surface area contributed by atoms with Gasteiger partial charge in [-0.1, -0.05) is 13.0 Å². The second-order valence-corrected chi connectivity index (χ2v) is 6.41. The first-order valence-corrected chi connectivity index (χ1v) is 7.98. The minimum Gasteiger partial charge on any atom is -0.467 e. The van der Waals surface area contributed by atoms with Crippen LogP contribution in [0.2, 0.25) is 0 Å². The highest BCUT2D eigenvalue weighted by Gasteiger charge is 2.33. The Morgan fingerprint density at radius 3 is 2.35 bits per heavy atom. The molecule has 0 aromatic rings. The summed E-state index contributed by atoms with van der Waals surface area (Å²) >= 11 is 0. The van der Waals surface area contributed by atoms with Crippen LogP contribution in [0, 0.1) is 0 Å². The summed E-state index contributed by atoms with van der Waals surface area (Å²) in [6, 6.07) is -0.911. The van der Waals surface area contributed by atoms with Crippen LogP contribution in [0.4, 0.5) is 4.79 Å². The van der Waals surface area contributed by atoms with Crippen molar-refractivity contribution in [2.75, 3.05) is 7.11 Å². The summed E-state index contributed by atoms with van der Waals surface area (Å²) in [5.41, 5.74) is -0.648. The van der Waals surface area contributed by atoms with Gasteiger partial charge < -0.3 is 19.5 Å². The Kier molecular flexibility index (Phi) is 9.56. The maximum absolute atomic E-state index is 12.0. The standard InChI is InChI=1S/C17H31NO5/c1-8-10-11-12(3)22-13(9-2)14(15(19)21-7)18-16(20)23-17(4,5)6/h8,12-14H,1,9-11H2,2-7H3,(H,18,20)/t12-,13?,14?/m1/s1. The maximum atomic E-state index is 12.0. The minimum absolute atomic E-state index is 0.0643. The second kappa shape index (κ2) is 10.3. The van der Waals surface area contributed by atoms with Gasteiger partial charge in [-0.2, -0.15) is 0 Å². The van der Waals surface area contributed by atoms with Crippen molar-refractivity contribution in [3.63, 3.8) is 0 Å². The number of hydrogen-bond donors (Lipinski definition) is 1. The van der Waals surface area contributed by atoms with Crippen LogP contribution in [-0.4, -0.2) is 43.0 Å². The molecule has 0 aliphatic carbocycles. The lowest BCUT2D eigenvalue weighted by atomic mass is 10.1. The van der Waals surface area contributed by atoms with Crippen LogP contribution in [0.15, 0.2) is 12.7 Å². The molecule has 0 aliphatic heterocycles. The fourth-order valence-corrected chi connectivity index (χ4v) is 1.99. The third-order valence-electron chi connectivity index (χ3n) is 3.09. The number of rotatable bonds is 9. The summed E-state index contributed by atoms with van der Waals surface area (Å²) in [6.45, 7) is 12.8. The summed E-state index contributed by atoms with van der Waals surface area (Å²) in [7, 11) is 1.28. The van der Waals surface area contributed by atoms with Crippen molar-refractivity contribution >= 4 is 12.1 Å². The van der Waals surface area contributed by atoms with Crippen molar-refractivity contribution in [2.45, 2.75) is 77.7 Å². The van der Waals surface area contributed by atoms with Gasteiger partial charge in [0.05, 0.1) is 19.3 Å². The van der Waals surface area contributed by atoms with E-state index in [0.29, 0.717) is 6.42 Å². The van der Waals surface area contributed by atoms with Gasteiger partial charge in [0.15, 0.2) is 6.04 Å². The van der Waals surface area contributed by atoms with Crippen LogP contribution in [-0.2, 0) is 19.0 Å². The molecule has 3 atom stereocenters. The number of esters is 1. The third-order valence-corrected chi connectivity index (χ3v) is 3.09. The van der Waals surface area contributed by atoms with Gasteiger partial charge in [-0.25, -0.2) is 9.59 Å². The Morgan fingerprint density at radius 1 is 1.30 bits per heavy atom. The zero-order valence-corrected chi connectivity index (χ0v) is 15.2. The van der Waals surface area contributed by atoms with Gasteiger partial charge in [0, 0.05) is 0 Å². The van der Waals surface area contributed by atoms with Crippen LogP contribution in [0.25, 0.3) is 0 Å². The maximum Gasteiger partial charge on any atom is 0.408 e. The number of amides is 1. The van der Waals surface area contributed by atoms with Crippen LogP contribution in [0.1, 0.15) is 53.9 Å². The van der Waals surface area contributed by atoms with E-state index < -0.39 is 29.8 Å². The highest BCUT2D eigenvalue weighted by Crippen LogP contribution is 2.14. The van der Waals surface area contributed by atoms with E-state index in [-0.39, 0.29) is 6.10 Å². The van der Waals surface area contributed by atoms with E-state index in [1.165, 1.54) is 7.11 Å². The van der Waals surface area contributed by atoms with E-state index in [1.807, 2.05) is 19.9 Å². The average Bonchev–Trinajstić information content (AvgIpc) is 2.45. The van der Waals surface area contributed by atoms with Gasteiger partial charge in [0.1, 0.15) is 5.60 Å². The van der Waals surface area contributed by atoms with E-state index >= 15 is 0 Å². The fraction of sp³-hybridized carbons (Fsp3) is 0.765. The molecule has 0 saturated heterocycles. The molecular formula is C17H31NO5. The average molecular weight is 329 g/mol. The molecule has 0 spiro atoms. The Morgan fingerprint density at radius 2 is 1.91 bits per heavy atom. The first-order chi connectivity index (χ1) is 10.6. The number of carbonyl (C=O) groups is 2. The number of hydrogen-bond acceptors (Lipinski definition) is 5. The number of alkyl carbamates (subject to hydrolysis) is 1. The van der Waals surface area contributed by atoms with Gasteiger partial charge in [0.2, 0.25) is 0 Å². The molecule has 0 bridgehead atoms. The van der Waals surface area contributed by atoms with E-state index in [2.05, 4.69) is 11.9 Å². The second-order valence-electron chi connectivity index (χ2n) is 6.41. The van der Waals surface area contributed by atoms with E-state index in [1.54, 1.807) is 20.8 Å². The number of ether oxygens (including phenoxy) is 3. The summed E-state index contributed by atoms with van der Waals surface area (Å²) < 4.78 is 15.9. The molecule has 1 amide bonds. The molecule has 6 nitrogen and oxygen atoms in total. The Hall–Kier alpha value is -1.56. The molecule has 6 heteroatoms. The summed E-state index contributed by atoms with van der Waals surface area (Å²) in [6.07, 6.45) is 2.75. The predicted octanol–water partition coefficient (Wildman–Crippen LogP) is 3.20. The summed E-state index contributed by atoms with van der Waals surface area (Å²) in [5.74, 6) is -0.557. The van der Waals surface area contributed by atoms with Gasteiger partial charge in [-0.15, -0.1) is 6.58 Å². The molecule has 0 aromatic heterocycles. The van der Waals surface area contributed by atoms with Crippen molar-refractivity contribution in [1.29, 1.82) is 0 Å². The Balaban J connectivity index is 4.93. The Labute approximate surface area is 139 Å². The third kappa shape index (κ3) is 9.23. The SMILES string of the molecule is C=CCC[C@@H](C)OC(CC)C(NC(=O)OC(C)(C)C)C(=O)OC. The lowest BCUT2D eigenvalue weighted by Gasteiger charge is -2.29. The largest absolute Gasteiger partial charge is 0.467 e. The molecule has 0 saturated carbocycles. The minimum atomic E-state index is -0.911. The quantitative estimate of drug-likeness (QED) is 0.519. The van der Waals surface area contributed by atoms with Crippen LogP contribution >= 0.6 is 0 Å². The molecule has 0 rings (SSSR count). The number of carbonyl (C=O) groups excluding carboxylic acids is 2. The van der Waals surface area contributed by atoms with E-state index in [9.17, 15) is 9.59 Å². The van der Waals surface area contributed by atoms with Crippen LogP contribution < -0.4 is 5.32 Å². The molecule has 0 heterocycles. The molecule has 0 aliphatic rings. The lowest BCUT2D eigenvalue weighted by molar-refractivity contribution is -0.149. The zero-order chi connectivity index (χ0) is 18.0. The van der Waals surface area contributed by atoms with Crippen molar-refractivity contribution in [1.82, 2.24) is 5.32 Å². The molecule has 1 N–H and O–H groups in total. The smallest absolute Gasteiger partial charge is 0.408 e. The van der Waals surface area contributed by atoms with Crippen molar-refractivity contribution in [3.05, 3.63) is 12.7 Å². The normalized spacial score (nSPS) is 15.2.